The van der Waals surface area contributed by atoms with Crippen molar-refractivity contribution in [3.8, 4) is 27.9 Å². The third-order valence-electron chi connectivity index (χ3n) is 8.71. The van der Waals surface area contributed by atoms with Crippen LogP contribution >= 0.6 is 0 Å². The van der Waals surface area contributed by atoms with E-state index in [9.17, 15) is 4.79 Å². The number of nitrogens with zero attached hydrogens (tertiary/aromatic N) is 3. The predicted molar refractivity (Wildman–Crippen MR) is 182 cm³/mol. The van der Waals surface area contributed by atoms with Gasteiger partial charge in [0, 0.05) is 0 Å². The van der Waals surface area contributed by atoms with E-state index in [0.29, 0.717) is 11.2 Å². The first-order valence-corrected chi connectivity index (χ1v) is 14.8. The van der Waals surface area contributed by atoms with Gasteiger partial charge in [0.1, 0.15) is 0 Å². The molecule has 0 N–H and O–H groups in total. The molecule has 9 rings (SSSR count). The van der Waals surface area contributed by atoms with Gasteiger partial charge in [-0.2, -0.15) is 0 Å². The van der Waals surface area contributed by atoms with Crippen molar-refractivity contribution >= 4 is 49.3 Å². The van der Waals surface area contributed by atoms with E-state index in [0.717, 1.165) is 44.1 Å². The summed E-state index contributed by atoms with van der Waals surface area (Å²) in [5, 5.41) is 5.32. The third kappa shape index (κ3) is 3.52. The SMILES string of the molecule is O=c1c2cc(-c3c4ccccc4c(-c4ccccc4)c4ccccc34)ccc2n2c3ccccc3nc2n1-c1ccccc1. The zero-order valence-electron chi connectivity index (χ0n) is 23.7. The van der Waals surface area contributed by atoms with Crippen LogP contribution in [0.3, 0.4) is 0 Å². The van der Waals surface area contributed by atoms with Gasteiger partial charge in [0.05, 0.1) is 27.6 Å². The normalized spacial score (nSPS) is 11.7. The molecule has 0 spiro atoms. The molecule has 4 heteroatoms. The molecule has 0 aliphatic rings. The minimum Gasteiger partial charge on any atom is -0.277 e. The van der Waals surface area contributed by atoms with Crippen LogP contribution in [0.4, 0.5) is 0 Å². The first kappa shape index (κ1) is 24.6. The van der Waals surface area contributed by atoms with Crippen LogP contribution in [-0.4, -0.2) is 14.0 Å². The van der Waals surface area contributed by atoms with Crippen molar-refractivity contribution in [1.29, 1.82) is 0 Å². The second-order valence-corrected chi connectivity index (χ2v) is 11.2. The number of aromatic nitrogens is 3. The highest BCUT2D eigenvalue weighted by Crippen LogP contribution is 2.44. The lowest BCUT2D eigenvalue weighted by atomic mass is 9.86. The van der Waals surface area contributed by atoms with Crippen LogP contribution in [0.5, 0.6) is 0 Å². The van der Waals surface area contributed by atoms with E-state index in [2.05, 4.69) is 108 Å². The Morgan fingerprint density at radius 1 is 0.455 bits per heavy atom. The summed E-state index contributed by atoms with van der Waals surface area (Å²) in [5.74, 6) is 0.603. The van der Waals surface area contributed by atoms with Gasteiger partial charge in [-0.25, -0.2) is 9.55 Å². The molecule has 0 radical (unpaired) electrons. The Labute approximate surface area is 252 Å². The Morgan fingerprint density at radius 2 is 1.00 bits per heavy atom. The van der Waals surface area contributed by atoms with Crippen molar-refractivity contribution in [2.24, 2.45) is 0 Å². The minimum atomic E-state index is -0.0922. The van der Waals surface area contributed by atoms with E-state index >= 15 is 0 Å². The number of rotatable bonds is 3. The number of hydrogen-bond donors (Lipinski definition) is 0. The maximum absolute atomic E-state index is 14.5. The van der Waals surface area contributed by atoms with Gasteiger partial charge in [-0.05, 0) is 80.2 Å². The topological polar surface area (TPSA) is 39.3 Å². The molecule has 0 saturated carbocycles. The summed E-state index contributed by atoms with van der Waals surface area (Å²) in [4.78, 5) is 19.4. The molecular weight excluding hydrogens is 538 g/mol. The van der Waals surface area contributed by atoms with Crippen molar-refractivity contribution in [1.82, 2.24) is 14.0 Å². The van der Waals surface area contributed by atoms with Crippen LogP contribution in [0.2, 0.25) is 0 Å². The number of benzene rings is 7. The van der Waals surface area contributed by atoms with Gasteiger partial charge in [-0.15, -0.1) is 0 Å². The molecule has 4 nitrogen and oxygen atoms in total. The molecular formula is C40H25N3O. The van der Waals surface area contributed by atoms with Crippen molar-refractivity contribution in [3.05, 3.63) is 162 Å². The molecule has 44 heavy (non-hydrogen) atoms. The Bertz CT molecular complexity index is 2560. The molecule has 0 aliphatic heterocycles. The second-order valence-electron chi connectivity index (χ2n) is 11.2. The summed E-state index contributed by atoms with van der Waals surface area (Å²) in [5.41, 5.74) is 7.88. The van der Waals surface area contributed by atoms with Crippen LogP contribution in [0.25, 0.3) is 77.2 Å². The van der Waals surface area contributed by atoms with Gasteiger partial charge in [0.25, 0.3) is 5.56 Å². The van der Waals surface area contributed by atoms with Crippen molar-refractivity contribution in [2.75, 3.05) is 0 Å². The van der Waals surface area contributed by atoms with Gasteiger partial charge in [-0.1, -0.05) is 115 Å². The number of fused-ring (bicyclic) bond motifs is 7. The minimum absolute atomic E-state index is 0.0922. The lowest BCUT2D eigenvalue weighted by Crippen LogP contribution is -2.21. The van der Waals surface area contributed by atoms with Crippen molar-refractivity contribution in [2.45, 2.75) is 0 Å². The first-order valence-electron chi connectivity index (χ1n) is 14.8. The fraction of sp³-hybridized carbons (Fsp3) is 0. The molecule has 0 saturated heterocycles. The molecule has 206 valence electrons. The zero-order chi connectivity index (χ0) is 29.2. The lowest BCUT2D eigenvalue weighted by Gasteiger charge is -2.18. The van der Waals surface area contributed by atoms with Crippen LogP contribution in [0.15, 0.2) is 156 Å². The van der Waals surface area contributed by atoms with E-state index in [-0.39, 0.29) is 5.56 Å². The second kappa shape index (κ2) is 9.51. The largest absolute Gasteiger partial charge is 0.277 e. The molecule has 0 aliphatic carbocycles. The fourth-order valence-corrected chi connectivity index (χ4v) is 6.83. The van der Waals surface area contributed by atoms with E-state index in [1.807, 2.05) is 48.5 Å². The van der Waals surface area contributed by atoms with Gasteiger partial charge in [0.15, 0.2) is 0 Å². The van der Waals surface area contributed by atoms with E-state index in [4.69, 9.17) is 4.98 Å². The monoisotopic (exact) mass is 563 g/mol. The van der Waals surface area contributed by atoms with Gasteiger partial charge in [-0.3, -0.25) is 9.20 Å². The van der Waals surface area contributed by atoms with Crippen molar-refractivity contribution < 1.29 is 0 Å². The maximum Gasteiger partial charge on any atom is 0.267 e. The van der Waals surface area contributed by atoms with Crippen LogP contribution < -0.4 is 5.56 Å². The summed E-state index contributed by atoms with van der Waals surface area (Å²) < 4.78 is 3.85. The smallest absolute Gasteiger partial charge is 0.267 e. The standard InChI is InChI=1S/C40H25N3O/c44-39-33-25-27(23-24-35(33)43-36-22-12-11-21-34(36)41-40(43)42(39)28-15-5-2-6-16-28)38-31-19-9-7-17-29(31)37(26-13-3-1-4-14-26)30-18-8-10-20-32(30)38/h1-25H. The summed E-state index contributed by atoms with van der Waals surface area (Å²) in [6.45, 7) is 0. The molecule has 2 heterocycles. The highest BCUT2D eigenvalue weighted by atomic mass is 16.1. The molecule has 0 bridgehead atoms. The van der Waals surface area contributed by atoms with E-state index in [1.54, 1.807) is 4.57 Å². The Hall–Kier alpha value is -6.00. The van der Waals surface area contributed by atoms with Crippen LogP contribution in [-0.2, 0) is 0 Å². The molecule has 0 atom stereocenters. The average Bonchev–Trinajstić information content (AvgIpc) is 3.47. The summed E-state index contributed by atoms with van der Waals surface area (Å²) in [7, 11) is 0. The van der Waals surface area contributed by atoms with Gasteiger partial charge < -0.3 is 0 Å². The van der Waals surface area contributed by atoms with Crippen LogP contribution in [0.1, 0.15) is 0 Å². The Morgan fingerprint density at radius 3 is 1.66 bits per heavy atom. The third-order valence-corrected chi connectivity index (χ3v) is 8.71. The molecule has 0 fully saturated rings. The molecule has 9 aromatic rings. The summed E-state index contributed by atoms with van der Waals surface area (Å²) >= 11 is 0. The van der Waals surface area contributed by atoms with E-state index in [1.165, 1.54) is 21.9 Å². The molecule has 2 aromatic heterocycles. The Kier molecular flexibility index (Phi) is 5.32. The highest BCUT2D eigenvalue weighted by Gasteiger charge is 2.20. The summed E-state index contributed by atoms with van der Waals surface area (Å²) in [6, 6.07) is 51.9. The number of hydrogen-bond acceptors (Lipinski definition) is 2. The van der Waals surface area contributed by atoms with E-state index < -0.39 is 0 Å². The van der Waals surface area contributed by atoms with Gasteiger partial charge >= 0.3 is 0 Å². The number of para-hydroxylation sites is 3. The molecule has 7 aromatic carbocycles. The fourth-order valence-electron chi connectivity index (χ4n) is 6.83. The predicted octanol–water partition coefficient (Wildman–Crippen LogP) is 9.43. The number of imidazole rings is 1. The Balaban J connectivity index is 1.43. The highest BCUT2D eigenvalue weighted by molar-refractivity contribution is 6.21. The quantitative estimate of drug-likeness (QED) is 0.201. The maximum atomic E-state index is 14.5. The van der Waals surface area contributed by atoms with Gasteiger partial charge in [0.2, 0.25) is 5.78 Å². The molecule has 0 unspecified atom stereocenters. The van der Waals surface area contributed by atoms with Crippen molar-refractivity contribution in [3.63, 3.8) is 0 Å². The summed E-state index contributed by atoms with van der Waals surface area (Å²) in [6.07, 6.45) is 0. The molecule has 0 amide bonds. The van der Waals surface area contributed by atoms with Crippen LogP contribution in [0, 0.1) is 0 Å². The lowest BCUT2D eigenvalue weighted by molar-refractivity contribution is 0.983. The zero-order valence-corrected chi connectivity index (χ0v) is 23.7. The first-order chi connectivity index (χ1) is 21.8. The average molecular weight is 564 g/mol.